The number of carbonyl (C=O) groups is 1. The summed E-state index contributed by atoms with van der Waals surface area (Å²) in [6, 6.07) is 0. The first-order chi connectivity index (χ1) is 9.54. The molecule has 0 aliphatic heterocycles. The van der Waals surface area contributed by atoms with E-state index < -0.39 is 16.0 Å². The molecule has 2 N–H and O–H groups in total. The highest BCUT2D eigenvalue weighted by Gasteiger charge is 2.26. The predicted octanol–water partition coefficient (Wildman–Crippen LogP) is -0.431. The Balaban J connectivity index is 2.07. The Morgan fingerprint density at radius 1 is 1.50 bits per heavy atom. The van der Waals surface area contributed by atoms with Gasteiger partial charge in [0.2, 0.25) is 0 Å². The molecule has 0 amide bonds. The van der Waals surface area contributed by atoms with Crippen molar-refractivity contribution in [3.05, 3.63) is 23.4 Å². The molecule has 0 saturated heterocycles. The number of nitrogens with one attached hydrogen (secondary N) is 2. The maximum atomic E-state index is 12.1. The molecule has 9 nitrogen and oxygen atoms in total. The maximum Gasteiger partial charge on any atom is 0.358 e. The van der Waals surface area contributed by atoms with Gasteiger partial charge in [0.05, 0.1) is 12.6 Å². The second-order valence-electron chi connectivity index (χ2n) is 3.56. The summed E-state index contributed by atoms with van der Waals surface area (Å²) in [5.41, 5.74) is 1.06. The number of aromatic amines is 1. The van der Waals surface area contributed by atoms with E-state index in [0.29, 0.717) is 12.2 Å². The number of esters is 1. The summed E-state index contributed by atoms with van der Waals surface area (Å²) in [4.78, 5) is 19.0. The Morgan fingerprint density at radius 2 is 2.30 bits per heavy atom. The largest absolute Gasteiger partial charge is 0.464 e. The maximum absolute atomic E-state index is 12.1. The first kappa shape index (κ1) is 14.6. The Hall–Kier alpha value is -1.85. The van der Waals surface area contributed by atoms with E-state index in [1.54, 1.807) is 0 Å². The van der Waals surface area contributed by atoms with Crippen molar-refractivity contribution in [2.24, 2.45) is 0 Å². The van der Waals surface area contributed by atoms with Crippen LogP contribution in [0.15, 0.2) is 16.0 Å². The SMILES string of the molecule is COC(=O)c1ncsc1S(=O)(=O)NCCc1ncn[nH]1. The third kappa shape index (κ3) is 3.18. The van der Waals surface area contributed by atoms with Crippen LogP contribution in [0.2, 0.25) is 0 Å². The molecule has 0 aliphatic carbocycles. The van der Waals surface area contributed by atoms with E-state index in [0.717, 1.165) is 18.4 Å². The minimum absolute atomic E-state index is 0.121. The van der Waals surface area contributed by atoms with Crippen molar-refractivity contribution < 1.29 is 17.9 Å². The molecule has 0 aromatic carbocycles. The lowest BCUT2D eigenvalue weighted by atomic mass is 10.4. The molecule has 108 valence electrons. The standard InChI is InChI=1S/C9H11N5O4S2/c1-18-8(15)7-9(19-5-11-7)20(16,17)13-3-2-6-10-4-12-14-6/h4-5,13H,2-3H2,1H3,(H,10,12,14). The highest BCUT2D eigenvalue weighted by molar-refractivity contribution is 7.91. The van der Waals surface area contributed by atoms with Crippen LogP contribution in [0, 0.1) is 0 Å². The van der Waals surface area contributed by atoms with Crippen molar-refractivity contribution in [3.63, 3.8) is 0 Å². The molecule has 0 spiro atoms. The number of aromatic nitrogens is 4. The summed E-state index contributed by atoms with van der Waals surface area (Å²) in [5.74, 6) is -0.230. The van der Waals surface area contributed by atoms with Crippen LogP contribution in [-0.4, -0.2) is 48.2 Å². The molecule has 2 rings (SSSR count). The lowest BCUT2D eigenvalue weighted by molar-refractivity contribution is 0.0590. The monoisotopic (exact) mass is 317 g/mol. The molecule has 0 unspecified atom stereocenters. The van der Waals surface area contributed by atoms with Gasteiger partial charge in [-0.25, -0.2) is 27.9 Å². The van der Waals surface area contributed by atoms with Crippen molar-refractivity contribution in [2.45, 2.75) is 10.6 Å². The topological polar surface area (TPSA) is 127 Å². The van der Waals surface area contributed by atoms with Gasteiger partial charge < -0.3 is 4.74 Å². The van der Waals surface area contributed by atoms with Crippen LogP contribution in [0.25, 0.3) is 0 Å². The van der Waals surface area contributed by atoms with Crippen LogP contribution in [0.5, 0.6) is 0 Å². The lowest BCUT2D eigenvalue weighted by Crippen LogP contribution is -2.27. The number of hydrogen-bond donors (Lipinski definition) is 2. The number of rotatable bonds is 6. The minimum atomic E-state index is -3.81. The second-order valence-corrected chi connectivity index (χ2v) is 6.38. The fraction of sp³-hybridized carbons (Fsp3) is 0.333. The molecule has 2 heterocycles. The Kier molecular flexibility index (Phi) is 4.42. The summed E-state index contributed by atoms with van der Waals surface area (Å²) >= 11 is 0.850. The van der Waals surface area contributed by atoms with Gasteiger partial charge in [-0.3, -0.25) is 5.10 Å². The molecule has 0 aliphatic rings. The average molecular weight is 317 g/mol. The third-order valence-corrected chi connectivity index (χ3v) is 5.11. The van der Waals surface area contributed by atoms with Gasteiger partial charge in [0.15, 0.2) is 9.90 Å². The smallest absolute Gasteiger partial charge is 0.358 e. The molecule has 2 aromatic heterocycles. The number of methoxy groups -OCH3 is 1. The van der Waals surface area contributed by atoms with Crippen LogP contribution >= 0.6 is 11.3 Å². The van der Waals surface area contributed by atoms with Crippen LogP contribution in [0.1, 0.15) is 16.3 Å². The van der Waals surface area contributed by atoms with E-state index in [1.807, 2.05) is 0 Å². The third-order valence-electron chi connectivity index (χ3n) is 2.28. The number of carbonyl (C=O) groups excluding carboxylic acids is 1. The lowest BCUT2D eigenvalue weighted by Gasteiger charge is -2.04. The molecular weight excluding hydrogens is 306 g/mol. The van der Waals surface area contributed by atoms with Gasteiger partial charge in [-0.1, -0.05) is 0 Å². The van der Waals surface area contributed by atoms with Gasteiger partial charge in [0.25, 0.3) is 10.0 Å². The van der Waals surface area contributed by atoms with Gasteiger partial charge in [0.1, 0.15) is 12.2 Å². The summed E-state index contributed by atoms with van der Waals surface area (Å²) in [7, 11) is -2.65. The van der Waals surface area contributed by atoms with E-state index in [2.05, 4.69) is 29.6 Å². The van der Waals surface area contributed by atoms with Crippen LogP contribution < -0.4 is 4.72 Å². The normalized spacial score (nSPS) is 11.4. The fourth-order valence-electron chi connectivity index (χ4n) is 1.38. The van der Waals surface area contributed by atoms with E-state index in [1.165, 1.54) is 11.8 Å². The Morgan fingerprint density at radius 3 is 2.95 bits per heavy atom. The number of sulfonamides is 1. The van der Waals surface area contributed by atoms with E-state index in [-0.39, 0.29) is 16.4 Å². The highest BCUT2D eigenvalue weighted by Crippen LogP contribution is 2.20. The number of H-pyrrole nitrogens is 1. The Labute approximate surface area is 118 Å². The molecular formula is C9H11N5O4S2. The zero-order chi connectivity index (χ0) is 14.6. The van der Waals surface area contributed by atoms with Gasteiger partial charge in [-0.05, 0) is 0 Å². The number of nitrogens with zero attached hydrogens (tertiary/aromatic N) is 3. The van der Waals surface area contributed by atoms with Gasteiger partial charge in [-0.15, -0.1) is 11.3 Å². The number of ether oxygens (including phenoxy) is 1. The van der Waals surface area contributed by atoms with Crippen LogP contribution in [0.3, 0.4) is 0 Å². The first-order valence-electron chi connectivity index (χ1n) is 5.40. The molecule has 0 saturated carbocycles. The minimum Gasteiger partial charge on any atom is -0.464 e. The highest BCUT2D eigenvalue weighted by atomic mass is 32.2. The van der Waals surface area contributed by atoms with Crippen molar-refractivity contribution in [3.8, 4) is 0 Å². The fourth-order valence-corrected chi connectivity index (χ4v) is 3.59. The first-order valence-corrected chi connectivity index (χ1v) is 7.76. The van der Waals surface area contributed by atoms with Crippen molar-refractivity contribution in [2.75, 3.05) is 13.7 Å². The van der Waals surface area contributed by atoms with Gasteiger partial charge >= 0.3 is 5.97 Å². The van der Waals surface area contributed by atoms with E-state index in [4.69, 9.17) is 0 Å². The molecule has 0 fully saturated rings. The van der Waals surface area contributed by atoms with Crippen molar-refractivity contribution in [1.82, 2.24) is 24.9 Å². The van der Waals surface area contributed by atoms with E-state index in [9.17, 15) is 13.2 Å². The summed E-state index contributed by atoms with van der Waals surface area (Å²) in [6.45, 7) is 0.121. The molecule has 0 bridgehead atoms. The van der Waals surface area contributed by atoms with Gasteiger partial charge in [-0.2, -0.15) is 5.10 Å². The van der Waals surface area contributed by atoms with Crippen molar-refractivity contribution >= 4 is 27.3 Å². The Bertz CT molecular complexity index is 679. The molecule has 0 atom stereocenters. The molecule has 0 radical (unpaired) electrons. The summed E-state index contributed by atoms with van der Waals surface area (Å²) in [5, 5.41) is 6.27. The molecule has 2 aromatic rings. The van der Waals surface area contributed by atoms with Crippen LogP contribution in [-0.2, 0) is 21.2 Å². The second kappa shape index (κ2) is 6.07. The van der Waals surface area contributed by atoms with Crippen LogP contribution in [0.4, 0.5) is 0 Å². The van der Waals surface area contributed by atoms with Crippen molar-refractivity contribution in [1.29, 1.82) is 0 Å². The molecule has 11 heteroatoms. The zero-order valence-electron chi connectivity index (χ0n) is 10.4. The zero-order valence-corrected chi connectivity index (χ0v) is 12.0. The molecule has 20 heavy (non-hydrogen) atoms. The summed E-state index contributed by atoms with van der Waals surface area (Å²) < 4.78 is 30.8. The average Bonchev–Trinajstić information content (AvgIpc) is 3.08. The quantitative estimate of drug-likeness (QED) is 0.692. The number of thiazole rings is 1. The predicted molar refractivity (Wildman–Crippen MR) is 68.7 cm³/mol. The number of hydrogen-bond acceptors (Lipinski definition) is 8. The van der Waals surface area contributed by atoms with Gasteiger partial charge in [0, 0.05) is 13.0 Å². The summed E-state index contributed by atoms with van der Waals surface area (Å²) in [6.07, 6.45) is 1.69. The van der Waals surface area contributed by atoms with E-state index >= 15 is 0 Å².